The van der Waals surface area contributed by atoms with E-state index < -0.39 is 6.04 Å². The van der Waals surface area contributed by atoms with E-state index in [0.717, 1.165) is 30.8 Å². The molecule has 0 aliphatic carbocycles. The second-order valence-corrected chi connectivity index (χ2v) is 5.57. The fraction of sp³-hybridized carbons (Fsp3) is 0.533. The second kappa shape index (κ2) is 7.64. The number of nitrogens with two attached hydrogens (primary N) is 1. The van der Waals surface area contributed by atoms with Crippen LogP contribution in [0.4, 0.5) is 5.69 Å². The number of carbonyl (C=O) groups excluding carboxylic acids is 1. The predicted octanol–water partition coefficient (Wildman–Crippen LogP) is 1.53. The molecule has 0 aromatic heterocycles. The van der Waals surface area contributed by atoms with Gasteiger partial charge in [0.2, 0.25) is 5.91 Å². The molecule has 0 saturated carbocycles. The van der Waals surface area contributed by atoms with Crippen molar-refractivity contribution in [3.63, 3.8) is 0 Å². The summed E-state index contributed by atoms with van der Waals surface area (Å²) in [5.74, 6) is -0.373. The van der Waals surface area contributed by atoms with Crippen molar-refractivity contribution in [1.29, 1.82) is 0 Å². The molecule has 2 rings (SSSR count). The number of amides is 1. The number of carbonyl (C=O) groups is 1. The topological polar surface area (TPSA) is 67.6 Å². The van der Waals surface area contributed by atoms with Crippen LogP contribution in [-0.2, 0) is 16.1 Å². The van der Waals surface area contributed by atoms with Crippen LogP contribution in [0, 0.1) is 0 Å². The molecule has 0 radical (unpaired) electrons. The summed E-state index contributed by atoms with van der Waals surface area (Å²) < 4.78 is 5.37. The molecule has 1 aromatic carbocycles. The van der Waals surface area contributed by atoms with Crippen molar-refractivity contribution < 1.29 is 9.53 Å². The van der Waals surface area contributed by atoms with Gasteiger partial charge in [-0.15, -0.1) is 0 Å². The molecule has 21 heavy (non-hydrogen) atoms. The molecule has 1 saturated heterocycles. The SMILES string of the molecule is CCCNCc1ccc(Cl)cc1N1CCOCC1C(N)=O. The number of morpholine rings is 1. The van der Waals surface area contributed by atoms with E-state index in [0.29, 0.717) is 24.8 Å². The Morgan fingerprint density at radius 3 is 3.10 bits per heavy atom. The maximum atomic E-state index is 11.6. The number of rotatable bonds is 6. The molecular weight excluding hydrogens is 290 g/mol. The molecule has 1 aliphatic heterocycles. The summed E-state index contributed by atoms with van der Waals surface area (Å²) in [6, 6.07) is 5.31. The maximum Gasteiger partial charge on any atom is 0.242 e. The molecule has 6 heteroatoms. The normalized spacial score (nSPS) is 18.8. The van der Waals surface area contributed by atoms with E-state index >= 15 is 0 Å². The van der Waals surface area contributed by atoms with Gasteiger partial charge in [-0.25, -0.2) is 0 Å². The highest BCUT2D eigenvalue weighted by Gasteiger charge is 2.29. The standard InChI is InChI=1S/C15H22ClN3O2/c1-2-5-18-9-11-3-4-12(16)8-13(11)19-6-7-21-10-14(19)15(17)20/h3-4,8,14,18H,2,5-7,9-10H2,1H3,(H2,17,20). The number of primary amides is 1. The Balaban J connectivity index is 2.26. The Kier molecular flexibility index (Phi) is 5.85. The van der Waals surface area contributed by atoms with Crippen LogP contribution in [0.3, 0.4) is 0 Å². The van der Waals surface area contributed by atoms with Crippen LogP contribution >= 0.6 is 11.6 Å². The zero-order valence-corrected chi connectivity index (χ0v) is 13.0. The molecule has 0 bridgehead atoms. The van der Waals surface area contributed by atoms with Crippen molar-refractivity contribution in [3.8, 4) is 0 Å². The van der Waals surface area contributed by atoms with Crippen molar-refractivity contribution in [3.05, 3.63) is 28.8 Å². The average molecular weight is 312 g/mol. The van der Waals surface area contributed by atoms with Crippen molar-refractivity contribution in [1.82, 2.24) is 5.32 Å². The van der Waals surface area contributed by atoms with Gasteiger partial charge in [0.1, 0.15) is 6.04 Å². The van der Waals surface area contributed by atoms with Crippen LogP contribution in [0.1, 0.15) is 18.9 Å². The number of anilines is 1. The molecule has 0 spiro atoms. The van der Waals surface area contributed by atoms with Gasteiger partial charge in [-0.1, -0.05) is 24.6 Å². The molecule has 1 aliphatic rings. The Labute approximate surface area is 130 Å². The minimum Gasteiger partial charge on any atom is -0.377 e. The van der Waals surface area contributed by atoms with Gasteiger partial charge in [-0.3, -0.25) is 4.79 Å². The Morgan fingerprint density at radius 1 is 1.57 bits per heavy atom. The highest BCUT2D eigenvalue weighted by Crippen LogP contribution is 2.28. The lowest BCUT2D eigenvalue weighted by molar-refractivity contribution is -0.121. The minimum atomic E-state index is -0.442. The molecule has 1 amide bonds. The van der Waals surface area contributed by atoms with Gasteiger partial charge < -0.3 is 20.7 Å². The highest BCUT2D eigenvalue weighted by atomic mass is 35.5. The number of halogens is 1. The van der Waals surface area contributed by atoms with Crippen molar-refractivity contribution in [2.75, 3.05) is 31.2 Å². The molecule has 1 unspecified atom stereocenters. The fourth-order valence-corrected chi connectivity index (χ4v) is 2.65. The summed E-state index contributed by atoms with van der Waals surface area (Å²) in [6.45, 7) is 5.35. The van der Waals surface area contributed by atoms with Gasteiger partial charge in [0, 0.05) is 23.8 Å². The van der Waals surface area contributed by atoms with Gasteiger partial charge in [-0.05, 0) is 30.7 Å². The lowest BCUT2D eigenvalue weighted by atomic mass is 10.1. The molecule has 116 valence electrons. The predicted molar refractivity (Wildman–Crippen MR) is 84.6 cm³/mol. The summed E-state index contributed by atoms with van der Waals surface area (Å²) in [5, 5.41) is 4.03. The lowest BCUT2D eigenvalue weighted by Crippen LogP contribution is -2.53. The van der Waals surface area contributed by atoms with E-state index in [1.165, 1.54) is 0 Å². The third-order valence-electron chi connectivity index (χ3n) is 3.56. The first-order valence-corrected chi connectivity index (χ1v) is 7.64. The smallest absolute Gasteiger partial charge is 0.242 e. The largest absolute Gasteiger partial charge is 0.377 e. The van der Waals surface area contributed by atoms with E-state index in [4.69, 9.17) is 22.1 Å². The van der Waals surface area contributed by atoms with Crippen molar-refractivity contribution in [2.24, 2.45) is 5.73 Å². The number of nitrogens with one attached hydrogen (secondary N) is 1. The van der Waals surface area contributed by atoms with E-state index in [1.807, 2.05) is 23.1 Å². The summed E-state index contributed by atoms with van der Waals surface area (Å²) in [4.78, 5) is 13.6. The molecular formula is C15H22ClN3O2. The lowest BCUT2D eigenvalue weighted by Gasteiger charge is -2.36. The Morgan fingerprint density at radius 2 is 2.38 bits per heavy atom. The highest BCUT2D eigenvalue weighted by molar-refractivity contribution is 6.30. The maximum absolute atomic E-state index is 11.6. The third-order valence-corrected chi connectivity index (χ3v) is 3.79. The first-order chi connectivity index (χ1) is 10.1. The average Bonchev–Trinajstić information content (AvgIpc) is 2.49. The number of benzene rings is 1. The Hall–Kier alpha value is -1.30. The zero-order valence-electron chi connectivity index (χ0n) is 12.3. The quantitative estimate of drug-likeness (QED) is 0.782. The van der Waals surface area contributed by atoms with Crippen molar-refractivity contribution >= 4 is 23.2 Å². The number of nitrogens with zero attached hydrogens (tertiary/aromatic N) is 1. The summed E-state index contributed by atoms with van der Waals surface area (Å²) in [6.07, 6.45) is 1.07. The second-order valence-electron chi connectivity index (χ2n) is 5.14. The van der Waals surface area contributed by atoms with Gasteiger partial charge in [0.25, 0.3) is 0 Å². The van der Waals surface area contributed by atoms with Gasteiger partial charge in [0.05, 0.1) is 13.2 Å². The summed E-state index contributed by atoms with van der Waals surface area (Å²) >= 11 is 6.13. The van der Waals surface area contributed by atoms with Crippen LogP contribution in [-0.4, -0.2) is 38.3 Å². The van der Waals surface area contributed by atoms with Gasteiger partial charge >= 0.3 is 0 Å². The van der Waals surface area contributed by atoms with Crippen molar-refractivity contribution in [2.45, 2.75) is 25.9 Å². The van der Waals surface area contributed by atoms with Gasteiger partial charge in [-0.2, -0.15) is 0 Å². The molecule has 3 N–H and O–H groups in total. The van der Waals surface area contributed by atoms with E-state index in [9.17, 15) is 4.79 Å². The van der Waals surface area contributed by atoms with Crippen LogP contribution in [0.2, 0.25) is 5.02 Å². The molecule has 5 nitrogen and oxygen atoms in total. The molecule has 1 atom stereocenters. The van der Waals surface area contributed by atoms with Crippen LogP contribution in [0.25, 0.3) is 0 Å². The first-order valence-electron chi connectivity index (χ1n) is 7.26. The van der Waals surface area contributed by atoms with E-state index in [2.05, 4.69) is 12.2 Å². The number of hydrogen-bond donors (Lipinski definition) is 2. The fourth-order valence-electron chi connectivity index (χ4n) is 2.48. The van der Waals surface area contributed by atoms with Crippen LogP contribution < -0.4 is 16.0 Å². The first kappa shape index (κ1) is 16.1. The van der Waals surface area contributed by atoms with Crippen LogP contribution in [0.5, 0.6) is 0 Å². The molecule has 1 heterocycles. The van der Waals surface area contributed by atoms with Gasteiger partial charge in [0.15, 0.2) is 0 Å². The van der Waals surface area contributed by atoms with Crippen LogP contribution in [0.15, 0.2) is 18.2 Å². The summed E-state index contributed by atoms with van der Waals surface area (Å²) in [7, 11) is 0. The minimum absolute atomic E-state index is 0.323. The van der Waals surface area contributed by atoms with E-state index in [-0.39, 0.29) is 5.91 Å². The number of hydrogen-bond acceptors (Lipinski definition) is 4. The summed E-state index contributed by atoms with van der Waals surface area (Å²) in [5.41, 5.74) is 7.56. The Bertz CT molecular complexity index is 496. The third kappa shape index (κ3) is 4.09. The van der Waals surface area contributed by atoms with E-state index in [1.54, 1.807) is 0 Å². The number of ether oxygens (including phenoxy) is 1. The zero-order chi connectivity index (χ0) is 15.2. The monoisotopic (exact) mass is 311 g/mol. The molecule has 1 fully saturated rings. The molecule has 1 aromatic rings.